The molecule has 0 spiro atoms. The second-order valence-corrected chi connectivity index (χ2v) is 4.38. The molecule has 1 heterocycles. The summed E-state index contributed by atoms with van der Waals surface area (Å²) in [5.41, 5.74) is 5.86. The van der Waals surface area contributed by atoms with Crippen LogP contribution in [0.2, 0.25) is 0 Å². The van der Waals surface area contributed by atoms with Crippen LogP contribution in [0.5, 0.6) is 0 Å². The Kier molecular flexibility index (Phi) is 3.37. The Morgan fingerprint density at radius 2 is 1.88 bits per heavy atom. The lowest BCUT2D eigenvalue weighted by Gasteiger charge is -2.24. The van der Waals surface area contributed by atoms with E-state index in [2.05, 4.69) is 14.7 Å². The third kappa shape index (κ3) is 2.77. The number of hydrogen-bond acceptors (Lipinski definition) is 4. The Morgan fingerprint density at radius 1 is 1.24 bits per heavy atom. The summed E-state index contributed by atoms with van der Waals surface area (Å²) < 4.78 is 41.4. The maximum Gasteiger partial charge on any atom is 0.455 e. The molecule has 1 fully saturated rings. The lowest BCUT2D eigenvalue weighted by molar-refractivity contribution is -0.146. The Labute approximate surface area is 96.4 Å². The summed E-state index contributed by atoms with van der Waals surface area (Å²) in [5.74, 6) is -1.21. The molecule has 4 nitrogen and oxygen atoms in total. The van der Waals surface area contributed by atoms with Crippen LogP contribution in [0.15, 0.2) is 4.52 Å². The van der Waals surface area contributed by atoms with E-state index in [1.807, 2.05) is 0 Å². The number of hydrogen-bond donors (Lipinski definition) is 1. The van der Waals surface area contributed by atoms with Crippen LogP contribution in [0.3, 0.4) is 0 Å². The molecule has 0 amide bonds. The van der Waals surface area contributed by atoms with Gasteiger partial charge in [-0.05, 0) is 18.8 Å². The summed E-state index contributed by atoms with van der Waals surface area (Å²) in [6.07, 6.45) is 0.502. The van der Waals surface area contributed by atoms with Gasteiger partial charge in [0.2, 0.25) is 5.89 Å². The smallest absolute Gasteiger partial charge is 0.337 e. The van der Waals surface area contributed by atoms with E-state index in [1.165, 1.54) is 0 Å². The fourth-order valence-corrected chi connectivity index (χ4v) is 2.18. The van der Waals surface area contributed by atoms with Crippen molar-refractivity contribution in [2.75, 3.05) is 0 Å². The van der Waals surface area contributed by atoms with Crippen LogP contribution in [-0.2, 0) is 6.18 Å². The molecule has 1 aliphatic rings. The van der Waals surface area contributed by atoms with Crippen LogP contribution >= 0.6 is 0 Å². The fraction of sp³-hybridized carbons (Fsp3) is 0.800. The van der Waals surface area contributed by atoms with Gasteiger partial charge in [-0.1, -0.05) is 24.4 Å². The fourth-order valence-electron chi connectivity index (χ4n) is 2.18. The topological polar surface area (TPSA) is 64.9 Å². The summed E-state index contributed by atoms with van der Waals surface area (Å²) in [6.45, 7) is 0. The zero-order valence-electron chi connectivity index (χ0n) is 9.20. The molecule has 2 N–H and O–H groups in total. The monoisotopic (exact) mass is 249 g/mol. The Morgan fingerprint density at radius 3 is 2.41 bits per heavy atom. The third-order valence-electron chi connectivity index (χ3n) is 3.14. The summed E-state index contributed by atoms with van der Waals surface area (Å²) in [5, 5.41) is 2.91. The molecule has 1 aromatic rings. The van der Waals surface area contributed by atoms with E-state index in [0.717, 1.165) is 32.1 Å². The molecule has 17 heavy (non-hydrogen) atoms. The maximum absolute atomic E-state index is 12.3. The molecular formula is C10H14F3N3O. The molecule has 2 rings (SSSR count). The minimum absolute atomic E-state index is 0.107. The Balaban J connectivity index is 2.08. The minimum Gasteiger partial charge on any atom is -0.337 e. The van der Waals surface area contributed by atoms with Crippen LogP contribution < -0.4 is 5.73 Å². The van der Waals surface area contributed by atoms with E-state index in [-0.39, 0.29) is 11.8 Å². The normalized spacial score (nSPS) is 20.5. The van der Waals surface area contributed by atoms with Gasteiger partial charge in [-0.15, -0.1) is 0 Å². The molecule has 7 heteroatoms. The van der Waals surface area contributed by atoms with Gasteiger partial charge in [0.05, 0.1) is 6.04 Å². The van der Waals surface area contributed by atoms with Gasteiger partial charge in [-0.2, -0.15) is 18.2 Å². The molecule has 0 saturated heterocycles. The number of alkyl halides is 3. The highest BCUT2D eigenvalue weighted by Crippen LogP contribution is 2.33. The van der Waals surface area contributed by atoms with Crippen molar-refractivity contribution in [2.45, 2.75) is 44.3 Å². The highest BCUT2D eigenvalue weighted by molar-refractivity contribution is 4.97. The molecule has 0 bridgehead atoms. The first kappa shape index (κ1) is 12.3. The first-order chi connectivity index (χ1) is 7.98. The van der Waals surface area contributed by atoms with Gasteiger partial charge < -0.3 is 10.3 Å². The SMILES string of the molecule is NC(c1nc(C(F)(F)F)no1)C1CCCCC1. The third-order valence-corrected chi connectivity index (χ3v) is 3.14. The predicted molar refractivity (Wildman–Crippen MR) is 52.8 cm³/mol. The van der Waals surface area contributed by atoms with Gasteiger partial charge >= 0.3 is 6.18 Å². The summed E-state index contributed by atoms with van der Waals surface area (Å²) in [4.78, 5) is 3.33. The van der Waals surface area contributed by atoms with Crippen molar-refractivity contribution in [3.05, 3.63) is 11.7 Å². The van der Waals surface area contributed by atoms with Crippen LogP contribution in [0.1, 0.15) is 49.9 Å². The van der Waals surface area contributed by atoms with E-state index in [4.69, 9.17) is 5.73 Å². The average Bonchev–Trinajstić information content (AvgIpc) is 2.78. The van der Waals surface area contributed by atoms with Gasteiger partial charge in [0.25, 0.3) is 5.82 Å². The number of nitrogens with two attached hydrogens (primary N) is 1. The van der Waals surface area contributed by atoms with Crippen molar-refractivity contribution in [2.24, 2.45) is 11.7 Å². The Hall–Kier alpha value is -1.11. The highest BCUT2D eigenvalue weighted by Gasteiger charge is 2.38. The van der Waals surface area contributed by atoms with Gasteiger partial charge in [0.15, 0.2) is 0 Å². The van der Waals surface area contributed by atoms with Gasteiger partial charge in [-0.3, -0.25) is 0 Å². The molecule has 0 aliphatic heterocycles. The zero-order valence-corrected chi connectivity index (χ0v) is 9.20. The first-order valence-corrected chi connectivity index (χ1v) is 5.65. The lowest BCUT2D eigenvalue weighted by Crippen LogP contribution is -2.24. The van der Waals surface area contributed by atoms with Crippen LogP contribution in [0.25, 0.3) is 0 Å². The van der Waals surface area contributed by atoms with Crippen LogP contribution in [0.4, 0.5) is 13.2 Å². The molecule has 1 unspecified atom stereocenters. The zero-order chi connectivity index (χ0) is 12.5. The number of nitrogens with zero attached hydrogens (tertiary/aromatic N) is 2. The molecular weight excluding hydrogens is 235 g/mol. The van der Waals surface area contributed by atoms with Crippen molar-refractivity contribution in [3.8, 4) is 0 Å². The van der Waals surface area contributed by atoms with Crippen molar-refractivity contribution in [1.29, 1.82) is 0 Å². The number of aromatic nitrogens is 2. The molecule has 1 aliphatic carbocycles. The summed E-state index contributed by atoms with van der Waals surface area (Å²) in [6, 6.07) is -0.584. The first-order valence-electron chi connectivity index (χ1n) is 5.65. The second-order valence-electron chi connectivity index (χ2n) is 4.38. The van der Waals surface area contributed by atoms with E-state index < -0.39 is 18.0 Å². The van der Waals surface area contributed by atoms with Gasteiger partial charge in [-0.25, -0.2) is 0 Å². The minimum atomic E-state index is -4.58. The predicted octanol–water partition coefficient (Wildman–Crippen LogP) is 2.67. The van der Waals surface area contributed by atoms with E-state index in [9.17, 15) is 13.2 Å². The van der Waals surface area contributed by atoms with E-state index in [1.54, 1.807) is 0 Å². The van der Waals surface area contributed by atoms with Crippen LogP contribution in [0, 0.1) is 5.92 Å². The van der Waals surface area contributed by atoms with Crippen molar-refractivity contribution < 1.29 is 17.7 Å². The molecule has 0 aromatic carbocycles. The van der Waals surface area contributed by atoms with E-state index >= 15 is 0 Å². The second kappa shape index (κ2) is 4.64. The maximum atomic E-state index is 12.3. The summed E-state index contributed by atoms with van der Waals surface area (Å²) >= 11 is 0. The largest absolute Gasteiger partial charge is 0.455 e. The van der Waals surface area contributed by atoms with Crippen molar-refractivity contribution in [1.82, 2.24) is 10.1 Å². The standard InChI is InChI=1S/C10H14F3N3O/c11-10(12,13)9-15-8(17-16-9)7(14)6-4-2-1-3-5-6/h6-7H,1-5,14H2. The molecule has 0 radical (unpaired) electrons. The number of rotatable bonds is 2. The quantitative estimate of drug-likeness (QED) is 0.875. The highest BCUT2D eigenvalue weighted by atomic mass is 19.4. The van der Waals surface area contributed by atoms with Gasteiger partial charge in [0, 0.05) is 0 Å². The molecule has 1 aromatic heterocycles. The van der Waals surface area contributed by atoms with Crippen molar-refractivity contribution >= 4 is 0 Å². The number of halogens is 3. The molecule has 1 atom stereocenters. The molecule has 96 valence electrons. The van der Waals surface area contributed by atoms with E-state index in [0.29, 0.717) is 0 Å². The van der Waals surface area contributed by atoms with Gasteiger partial charge in [0.1, 0.15) is 0 Å². The lowest BCUT2D eigenvalue weighted by atomic mass is 9.84. The molecule has 1 saturated carbocycles. The van der Waals surface area contributed by atoms with Crippen molar-refractivity contribution in [3.63, 3.8) is 0 Å². The average molecular weight is 249 g/mol. The Bertz CT molecular complexity index is 371. The summed E-state index contributed by atoms with van der Waals surface area (Å²) in [7, 11) is 0. The van der Waals surface area contributed by atoms with Crippen LogP contribution in [-0.4, -0.2) is 10.1 Å².